The molecule has 8 heteroatoms. The van der Waals surface area contributed by atoms with E-state index < -0.39 is 0 Å². The molecule has 2 N–H and O–H groups in total. The Labute approximate surface area is 115 Å². The third kappa shape index (κ3) is 1.75. The summed E-state index contributed by atoms with van der Waals surface area (Å²) in [6, 6.07) is 1.52. The number of nitrogens with zero attached hydrogens (tertiary/aromatic N) is 2. The number of thiophene rings is 1. The summed E-state index contributed by atoms with van der Waals surface area (Å²) in [5.41, 5.74) is 1.32. The van der Waals surface area contributed by atoms with Crippen LogP contribution in [0.5, 0.6) is 0 Å². The molecular formula is C11H10BN4O2S. The lowest BCUT2D eigenvalue weighted by atomic mass is 10.2. The van der Waals surface area contributed by atoms with E-state index in [2.05, 4.69) is 15.6 Å². The maximum Gasteiger partial charge on any atom is 0.326 e. The zero-order valence-electron chi connectivity index (χ0n) is 10.4. The number of hydrogen-bond acceptors (Lipinski definition) is 4. The summed E-state index contributed by atoms with van der Waals surface area (Å²) in [6.07, 6.45) is 1.64. The van der Waals surface area contributed by atoms with Crippen molar-refractivity contribution in [2.75, 3.05) is 24.3 Å². The van der Waals surface area contributed by atoms with Gasteiger partial charge in [-0.2, -0.15) is 0 Å². The highest BCUT2D eigenvalue weighted by Crippen LogP contribution is 2.42. The molecule has 0 spiro atoms. The second-order valence-electron chi connectivity index (χ2n) is 3.88. The van der Waals surface area contributed by atoms with Gasteiger partial charge in [0.2, 0.25) is 0 Å². The van der Waals surface area contributed by atoms with Gasteiger partial charge in [-0.25, -0.2) is 9.78 Å². The largest absolute Gasteiger partial charge is 0.354 e. The van der Waals surface area contributed by atoms with Gasteiger partial charge in [0.1, 0.15) is 9.71 Å². The van der Waals surface area contributed by atoms with Crippen LogP contribution < -0.4 is 15.5 Å². The van der Waals surface area contributed by atoms with E-state index >= 15 is 0 Å². The number of amides is 3. The number of urea groups is 1. The van der Waals surface area contributed by atoms with Gasteiger partial charge in [0.05, 0.1) is 16.8 Å². The van der Waals surface area contributed by atoms with Crippen molar-refractivity contribution in [2.45, 2.75) is 0 Å². The highest BCUT2D eigenvalue weighted by Gasteiger charge is 2.29. The molecule has 0 aromatic carbocycles. The molecule has 1 aliphatic heterocycles. The summed E-state index contributed by atoms with van der Waals surface area (Å²) in [4.78, 5) is 30.6. The molecule has 19 heavy (non-hydrogen) atoms. The van der Waals surface area contributed by atoms with Gasteiger partial charge in [-0.05, 0) is 6.07 Å². The molecule has 6 nitrogen and oxygen atoms in total. The van der Waals surface area contributed by atoms with E-state index in [9.17, 15) is 9.59 Å². The minimum atomic E-state index is -0.251. The zero-order chi connectivity index (χ0) is 12.9. The van der Waals surface area contributed by atoms with Gasteiger partial charge in [0.15, 0.2) is 0 Å². The number of pyridine rings is 1. The van der Waals surface area contributed by atoms with Crippen molar-refractivity contribution in [1.29, 1.82) is 0 Å². The standard InChI is InChI=1S/C11H10N4O2S.B/c1-12-9(16)8-7-6-5(15(2)11(17)14-7)3-4-13-10(6)18-8;/h3-4H,1-2H3,(H,12,16)(H,14,17);. The summed E-state index contributed by atoms with van der Waals surface area (Å²) >= 11 is 1.27. The lowest BCUT2D eigenvalue weighted by Gasteiger charge is -2.24. The zero-order valence-corrected chi connectivity index (χ0v) is 11.2. The number of aromatic nitrogens is 1. The highest BCUT2D eigenvalue weighted by atomic mass is 32.1. The average Bonchev–Trinajstić information content (AvgIpc) is 2.75. The Hall–Kier alpha value is -2.09. The summed E-state index contributed by atoms with van der Waals surface area (Å²) in [5.74, 6) is -0.219. The fourth-order valence-electron chi connectivity index (χ4n) is 1.98. The van der Waals surface area contributed by atoms with Crippen LogP contribution >= 0.6 is 11.3 Å². The number of nitrogens with one attached hydrogen (secondary N) is 2. The number of carbonyl (C=O) groups is 2. The highest BCUT2D eigenvalue weighted by molar-refractivity contribution is 7.21. The van der Waals surface area contributed by atoms with Crippen LogP contribution in [0.25, 0.3) is 10.2 Å². The molecular weight excluding hydrogens is 263 g/mol. The third-order valence-electron chi connectivity index (χ3n) is 2.90. The molecule has 0 atom stereocenters. The molecule has 0 unspecified atom stereocenters. The summed E-state index contributed by atoms with van der Waals surface area (Å²) < 4.78 is 0. The number of rotatable bonds is 1. The fraction of sp³-hybridized carbons (Fsp3) is 0.182. The second-order valence-corrected chi connectivity index (χ2v) is 4.88. The molecule has 3 amide bonds. The predicted octanol–water partition coefficient (Wildman–Crippen LogP) is 1.26. The van der Waals surface area contributed by atoms with E-state index in [1.54, 1.807) is 26.4 Å². The van der Waals surface area contributed by atoms with E-state index in [1.165, 1.54) is 16.2 Å². The van der Waals surface area contributed by atoms with E-state index in [-0.39, 0.29) is 20.4 Å². The summed E-state index contributed by atoms with van der Waals surface area (Å²) in [5, 5.41) is 6.12. The maximum atomic E-state index is 11.8. The number of hydrogen-bond donors (Lipinski definition) is 2. The minimum Gasteiger partial charge on any atom is -0.354 e. The summed E-state index contributed by atoms with van der Waals surface area (Å²) in [6.45, 7) is 0. The second kappa shape index (κ2) is 4.54. The SMILES string of the molecule is CNC(=O)c1sc2nccc3c2c1NC(=O)N3C.[B]. The number of carbonyl (C=O) groups excluding carboxylic acids is 2. The molecule has 0 aliphatic carbocycles. The molecule has 0 saturated heterocycles. The first-order chi connectivity index (χ1) is 8.63. The molecule has 0 bridgehead atoms. The normalized spacial score (nSPS) is 12.9. The van der Waals surface area contributed by atoms with Gasteiger partial charge >= 0.3 is 6.03 Å². The van der Waals surface area contributed by atoms with Gasteiger partial charge in [-0.15, -0.1) is 11.3 Å². The first-order valence-corrected chi connectivity index (χ1v) is 6.13. The molecule has 1 aliphatic rings. The Morgan fingerprint density at radius 2 is 2.26 bits per heavy atom. The predicted molar refractivity (Wildman–Crippen MR) is 76.2 cm³/mol. The third-order valence-corrected chi connectivity index (χ3v) is 4.00. The van der Waals surface area contributed by atoms with Crippen LogP contribution in [-0.2, 0) is 0 Å². The van der Waals surface area contributed by atoms with Crippen molar-refractivity contribution in [3.8, 4) is 0 Å². The first-order valence-electron chi connectivity index (χ1n) is 5.31. The van der Waals surface area contributed by atoms with Crippen LogP contribution in [0.4, 0.5) is 16.2 Å². The van der Waals surface area contributed by atoms with Crippen molar-refractivity contribution in [3.05, 3.63) is 17.1 Å². The monoisotopic (exact) mass is 273 g/mol. The quantitative estimate of drug-likeness (QED) is 0.768. The molecule has 3 radical (unpaired) electrons. The lowest BCUT2D eigenvalue weighted by molar-refractivity contribution is 0.0968. The molecule has 2 aromatic rings. The molecule has 3 rings (SSSR count). The lowest BCUT2D eigenvalue weighted by Crippen LogP contribution is -2.34. The Bertz CT molecular complexity index is 685. The fourth-order valence-corrected chi connectivity index (χ4v) is 3.04. The Morgan fingerprint density at radius 3 is 2.95 bits per heavy atom. The van der Waals surface area contributed by atoms with Crippen LogP contribution in [0.1, 0.15) is 9.67 Å². The molecule has 0 fully saturated rings. The van der Waals surface area contributed by atoms with Crippen molar-refractivity contribution in [2.24, 2.45) is 0 Å². The molecule has 95 valence electrons. The van der Waals surface area contributed by atoms with Crippen LogP contribution in [0.2, 0.25) is 0 Å². The van der Waals surface area contributed by atoms with E-state index in [0.29, 0.717) is 10.6 Å². The minimum absolute atomic E-state index is 0. The van der Waals surface area contributed by atoms with E-state index in [4.69, 9.17) is 0 Å². The molecule has 0 saturated carbocycles. The average molecular weight is 273 g/mol. The Morgan fingerprint density at radius 1 is 1.53 bits per heavy atom. The van der Waals surface area contributed by atoms with Crippen molar-refractivity contribution >= 4 is 53.3 Å². The van der Waals surface area contributed by atoms with Crippen molar-refractivity contribution in [3.63, 3.8) is 0 Å². The van der Waals surface area contributed by atoms with E-state index in [0.717, 1.165) is 15.9 Å². The van der Waals surface area contributed by atoms with Gasteiger partial charge in [0, 0.05) is 28.7 Å². The first kappa shape index (κ1) is 13.3. The molecule has 3 heterocycles. The van der Waals surface area contributed by atoms with Gasteiger partial charge in [-0.3, -0.25) is 9.69 Å². The maximum absolute atomic E-state index is 11.8. The Kier molecular flexibility index (Phi) is 3.19. The van der Waals surface area contributed by atoms with Crippen molar-refractivity contribution in [1.82, 2.24) is 10.3 Å². The van der Waals surface area contributed by atoms with Crippen LogP contribution in [-0.4, -0.2) is 39.4 Å². The summed E-state index contributed by atoms with van der Waals surface area (Å²) in [7, 11) is 3.24. The van der Waals surface area contributed by atoms with Gasteiger partial charge in [-0.1, -0.05) is 0 Å². The number of anilines is 2. The Balaban J connectivity index is 0.00000133. The smallest absolute Gasteiger partial charge is 0.326 e. The van der Waals surface area contributed by atoms with Crippen LogP contribution in [0.3, 0.4) is 0 Å². The van der Waals surface area contributed by atoms with Gasteiger partial charge in [0.25, 0.3) is 5.91 Å². The van der Waals surface area contributed by atoms with E-state index in [1.807, 2.05) is 0 Å². The molecule has 2 aromatic heterocycles. The topological polar surface area (TPSA) is 74.3 Å². The van der Waals surface area contributed by atoms with Crippen molar-refractivity contribution < 1.29 is 9.59 Å². The van der Waals surface area contributed by atoms with Gasteiger partial charge < -0.3 is 10.6 Å². The van der Waals surface area contributed by atoms with Crippen LogP contribution in [0, 0.1) is 0 Å². The van der Waals surface area contributed by atoms with Crippen LogP contribution in [0.15, 0.2) is 12.3 Å².